The van der Waals surface area contributed by atoms with Crippen molar-refractivity contribution < 1.29 is 0 Å². The monoisotopic (exact) mass is 359 g/mol. The molecule has 4 heteroatoms. The van der Waals surface area contributed by atoms with Crippen LogP contribution in [0.25, 0.3) is 0 Å². The van der Waals surface area contributed by atoms with Gasteiger partial charge in [0.2, 0.25) is 0 Å². The molecule has 0 bridgehead atoms. The van der Waals surface area contributed by atoms with Crippen molar-refractivity contribution in [2.75, 3.05) is 11.2 Å². The fraction of sp³-hybridized carbons (Fsp3) is 0.0909. The van der Waals surface area contributed by atoms with E-state index in [1.165, 1.54) is 16.3 Å². The summed E-state index contributed by atoms with van der Waals surface area (Å²) in [5.74, 6) is 0. The molecule has 1 heterocycles. The normalized spacial score (nSPS) is 13.6. The molecule has 0 aromatic heterocycles. The average Bonchev–Trinajstić information content (AvgIpc) is 3.20. The number of benzene rings is 3. The van der Waals surface area contributed by atoms with Gasteiger partial charge in [0.1, 0.15) is 0 Å². The summed E-state index contributed by atoms with van der Waals surface area (Å²) in [7, 11) is -0.363. The topological polar surface area (TPSA) is 27.3 Å². The Balaban J connectivity index is 1.49. The lowest BCUT2D eigenvalue weighted by molar-refractivity contribution is 0.648. The molecule has 4 rings (SSSR count). The van der Waals surface area contributed by atoms with Gasteiger partial charge in [0.15, 0.2) is 0 Å². The third-order valence-electron chi connectivity index (χ3n) is 4.40. The van der Waals surface area contributed by atoms with E-state index in [-0.39, 0.29) is 7.92 Å². The van der Waals surface area contributed by atoms with Crippen LogP contribution in [0.2, 0.25) is 0 Å². The third-order valence-corrected chi connectivity index (χ3v) is 6.91. The van der Waals surface area contributed by atoms with Gasteiger partial charge in [0.25, 0.3) is 0 Å². The van der Waals surface area contributed by atoms with E-state index >= 15 is 0 Å². The van der Waals surface area contributed by atoms with Crippen LogP contribution in [0.3, 0.4) is 0 Å². The van der Waals surface area contributed by atoms with Gasteiger partial charge in [0, 0.05) is 11.9 Å². The van der Waals surface area contributed by atoms with Crippen molar-refractivity contribution >= 4 is 24.2 Å². The smallest absolute Gasteiger partial charge is 0.0589 e. The minimum Gasteiger partial charge on any atom is -0.306 e. The summed E-state index contributed by atoms with van der Waals surface area (Å²) in [4.78, 5) is 0. The van der Waals surface area contributed by atoms with Crippen molar-refractivity contribution in [1.29, 1.82) is 0 Å². The standard InChI is InChI=1S/C22H22N3P/c1-4-10-20(11-5-1)25-18-19(23-24-25)16-17-26(21-12-6-2-7-13-21)22-14-8-3-9-15-22/h1-15,18,23-24H,16-17H2. The van der Waals surface area contributed by atoms with E-state index in [0.29, 0.717) is 0 Å². The molecule has 3 nitrogen and oxygen atoms in total. The fourth-order valence-electron chi connectivity index (χ4n) is 3.06. The maximum absolute atomic E-state index is 3.31. The van der Waals surface area contributed by atoms with Crippen molar-refractivity contribution in [3.8, 4) is 0 Å². The van der Waals surface area contributed by atoms with Crippen LogP contribution in [0.4, 0.5) is 5.69 Å². The second-order valence-corrected chi connectivity index (χ2v) is 8.51. The Morgan fingerprint density at radius 1 is 0.692 bits per heavy atom. The van der Waals surface area contributed by atoms with Gasteiger partial charge < -0.3 is 5.43 Å². The highest BCUT2D eigenvalue weighted by Crippen LogP contribution is 2.35. The van der Waals surface area contributed by atoms with Crippen LogP contribution in [0.15, 0.2) is 103 Å². The van der Waals surface area contributed by atoms with Crippen molar-refractivity contribution in [2.24, 2.45) is 0 Å². The lowest BCUT2D eigenvalue weighted by atomic mass is 10.3. The second-order valence-electron chi connectivity index (χ2n) is 6.17. The Morgan fingerprint density at radius 3 is 1.81 bits per heavy atom. The summed E-state index contributed by atoms with van der Waals surface area (Å²) in [6.07, 6.45) is 4.27. The lowest BCUT2D eigenvalue weighted by Crippen LogP contribution is -2.36. The second kappa shape index (κ2) is 8.18. The molecule has 0 aliphatic carbocycles. The zero-order valence-electron chi connectivity index (χ0n) is 14.5. The molecule has 1 aliphatic heterocycles. The van der Waals surface area contributed by atoms with Crippen LogP contribution in [0, 0.1) is 0 Å². The Morgan fingerprint density at radius 2 is 1.23 bits per heavy atom. The molecule has 1 aliphatic rings. The van der Waals surface area contributed by atoms with Gasteiger partial charge in [-0.25, -0.2) is 0 Å². The van der Waals surface area contributed by atoms with Gasteiger partial charge >= 0.3 is 0 Å². The van der Waals surface area contributed by atoms with Crippen LogP contribution in [0.5, 0.6) is 0 Å². The predicted molar refractivity (Wildman–Crippen MR) is 112 cm³/mol. The molecule has 0 atom stereocenters. The van der Waals surface area contributed by atoms with E-state index in [9.17, 15) is 0 Å². The van der Waals surface area contributed by atoms with Gasteiger partial charge in [-0.1, -0.05) is 78.9 Å². The first-order valence-electron chi connectivity index (χ1n) is 8.84. The quantitative estimate of drug-likeness (QED) is 0.654. The van der Waals surface area contributed by atoms with Crippen LogP contribution in [-0.2, 0) is 0 Å². The third kappa shape index (κ3) is 3.96. The maximum atomic E-state index is 3.31. The zero-order chi connectivity index (χ0) is 17.6. The Kier molecular flexibility index (Phi) is 5.30. The van der Waals surface area contributed by atoms with Crippen molar-refractivity contribution in [3.05, 3.63) is 103 Å². The SMILES string of the molecule is C1=C(CCP(c2ccccc2)c2ccccc2)NNN1c1ccccc1. The summed E-state index contributed by atoms with van der Waals surface area (Å²) in [6, 6.07) is 32.1. The number of hydrogen-bond donors (Lipinski definition) is 2. The number of anilines is 1. The molecule has 0 unspecified atom stereocenters. The highest BCUT2D eigenvalue weighted by atomic mass is 31.1. The summed E-state index contributed by atoms with van der Waals surface area (Å²) in [5, 5.41) is 4.89. The van der Waals surface area contributed by atoms with Crippen LogP contribution in [-0.4, -0.2) is 6.16 Å². The molecule has 130 valence electrons. The molecule has 0 saturated carbocycles. The molecule has 3 aromatic rings. The molecule has 0 radical (unpaired) electrons. The zero-order valence-corrected chi connectivity index (χ0v) is 15.4. The number of nitrogens with zero attached hydrogens (tertiary/aromatic N) is 1. The predicted octanol–water partition coefficient (Wildman–Crippen LogP) is 3.88. The molecule has 3 aromatic carbocycles. The Labute approximate surface area is 156 Å². The Hall–Kier alpha value is -2.61. The summed E-state index contributed by atoms with van der Waals surface area (Å²) in [6.45, 7) is 0. The first-order valence-corrected chi connectivity index (χ1v) is 10.4. The summed E-state index contributed by atoms with van der Waals surface area (Å²) in [5.41, 5.74) is 8.88. The lowest BCUT2D eigenvalue weighted by Gasteiger charge is -2.18. The van der Waals surface area contributed by atoms with Gasteiger partial charge in [-0.05, 0) is 43.2 Å². The minimum absolute atomic E-state index is 0.363. The van der Waals surface area contributed by atoms with E-state index < -0.39 is 0 Å². The van der Waals surface area contributed by atoms with Crippen LogP contribution < -0.4 is 26.6 Å². The van der Waals surface area contributed by atoms with Crippen molar-refractivity contribution in [2.45, 2.75) is 6.42 Å². The number of nitrogens with one attached hydrogen (secondary N) is 2. The van der Waals surface area contributed by atoms with Crippen molar-refractivity contribution in [3.63, 3.8) is 0 Å². The molecule has 0 amide bonds. The molecule has 26 heavy (non-hydrogen) atoms. The highest BCUT2D eigenvalue weighted by molar-refractivity contribution is 7.73. The highest BCUT2D eigenvalue weighted by Gasteiger charge is 2.17. The van der Waals surface area contributed by atoms with Gasteiger partial charge in [-0.2, -0.15) is 0 Å². The van der Waals surface area contributed by atoms with Crippen molar-refractivity contribution in [1.82, 2.24) is 11.0 Å². The van der Waals surface area contributed by atoms with E-state index in [4.69, 9.17) is 0 Å². The van der Waals surface area contributed by atoms with E-state index in [0.717, 1.165) is 18.3 Å². The van der Waals surface area contributed by atoms with Gasteiger partial charge in [0.05, 0.1) is 5.69 Å². The molecule has 0 fully saturated rings. The molecule has 0 spiro atoms. The molecular weight excluding hydrogens is 337 g/mol. The van der Waals surface area contributed by atoms with Gasteiger partial charge in [-0.15, -0.1) is 5.53 Å². The van der Waals surface area contributed by atoms with E-state index in [1.807, 2.05) is 23.2 Å². The fourth-order valence-corrected chi connectivity index (χ4v) is 5.41. The van der Waals surface area contributed by atoms with Crippen LogP contribution in [0.1, 0.15) is 6.42 Å². The Bertz CT molecular complexity index is 811. The minimum atomic E-state index is -0.363. The summed E-state index contributed by atoms with van der Waals surface area (Å²) < 4.78 is 0. The van der Waals surface area contributed by atoms with Crippen LogP contribution >= 0.6 is 7.92 Å². The largest absolute Gasteiger partial charge is 0.306 e. The molecule has 0 saturated heterocycles. The number of rotatable bonds is 6. The average molecular weight is 359 g/mol. The van der Waals surface area contributed by atoms with Gasteiger partial charge in [-0.3, -0.25) is 5.01 Å². The molecule has 2 N–H and O–H groups in total. The number of para-hydroxylation sites is 1. The number of hydrazine groups is 2. The summed E-state index contributed by atoms with van der Waals surface area (Å²) >= 11 is 0. The number of hydrogen-bond acceptors (Lipinski definition) is 3. The first kappa shape index (κ1) is 16.8. The van der Waals surface area contributed by atoms with E-state index in [2.05, 4.69) is 90.0 Å². The van der Waals surface area contributed by atoms with E-state index in [1.54, 1.807) is 0 Å². The maximum Gasteiger partial charge on any atom is 0.0589 e. The number of allylic oxidation sites excluding steroid dienone is 1. The molecular formula is C22H22N3P. The first-order chi connectivity index (χ1) is 12.9.